The molecule has 0 unspecified atom stereocenters. The molecule has 2 rings (SSSR count). The van der Waals surface area contributed by atoms with E-state index in [2.05, 4.69) is 20.7 Å². The largest absolute Gasteiger partial charge is 0.453 e. The number of rotatable bonds is 2. The van der Waals surface area contributed by atoms with Crippen molar-refractivity contribution in [3.63, 3.8) is 0 Å². The minimum Gasteiger partial charge on any atom is -0.453 e. The Morgan fingerprint density at radius 2 is 2.20 bits per heavy atom. The van der Waals surface area contributed by atoms with Crippen molar-refractivity contribution in [2.75, 3.05) is 12.5 Å². The molecule has 15 heavy (non-hydrogen) atoms. The SMILES string of the molecule is Nc1cc2c(c(OC(F)F)c1Br)OCO2. The lowest BCUT2D eigenvalue weighted by Crippen LogP contribution is -2.04. The zero-order chi connectivity index (χ0) is 11.0. The molecule has 0 fully saturated rings. The normalized spacial score (nSPS) is 13.3. The average molecular weight is 282 g/mol. The number of fused-ring (bicyclic) bond motifs is 1. The van der Waals surface area contributed by atoms with Crippen molar-refractivity contribution in [3.8, 4) is 17.2 Å². The van der Waals surface area contributed by atoms with Crippen LogP contribution in [0.3, 0.4) is 0 Å². The predicted molar refractivity (Wildman–Crippen MR) is 51.3 cm³/mol. The topological polar surface area (TPSA) is 53.7 Å². The molecule has 1 aliphatic rings. The van der Waals surface area contributed by atoms with Crippen LogP contribution in [-0.2, 0) is 0 Å². The molecule has 82 valence electrons. The monoisotopic (exact) mass is 281 g/mol. The summed E-state index contributed by atoms with van der Waals surface area (Å²) in [4.78, 5) is 0. The molecule has 0 spiro atoms. The minimum atomic E-state index is -2.95. The quantitative estimate of drug-likeness (QED) is 0.846. The van der Waals surface area contributed by atoms with Gasteiger partial charge in [-0.15, -0.1) is 0 Å². The number of benzene rings is 1. The van der Waals surface area contributed by atoms with E-state index in [0.717, 1.165) is 0 Å². The molecule has 1 aromatic rings. The highest BCUT2D eigenvalue weighted by molar-refractivity contribution is 9.10. The van der Waals surface area contributed by atoms with Gasteiger partial charge in [-0.1, -0.05) is 0 Å². The third-order valence-corrected chi connectivity index (χ3v) is 2.61. The molecule has 2 N–H and O–H groups in total. The van der Waals surface area contributed by atoms with Crippen LogP contribution in [0.15, 0.2) is 10.5 Å². The van der Waals surface area contributed by atoms with Crippen molar-refractivity contribution in [1.29, 1.82) is 0 Å². The summed E-state index contributed by atoms with van der Waals surface area (Å²) in [5.41, 5.74) is 5.81. The van der Waals surface area contributed by atoms with Crippen molar-refractivity contribution >= 4 is 21.6 Å². The molecule has 1 heterocycles. The maximum atomic E-state index is 12.1. The highest BCUT2D eigenvalue weighted by Gasteiger charge is 2.25. The molecule has 0 aromatic heterocycles. The Bertz CT molecular complexity index is 400. The van der Waals surface area contributed by atoms with Crippen LogP contribution in [0, 0.1) is 0 Å². The Morgan fingerprint density at radius 3 is 2.87 bits per heavy atom. The number of halogens is 3. The van der Waals surface area contributed by atoms with Gasteiger partial charge < -0.3 is 19.9 Å². The van der Waals surface area contributed by atoms with Crippen molar-refractivity contribution < 1.29 is 23.0 Å². The van der Waals surface area contributed by atoms with Gasteiger partial charge >= 0.3 is 6.61 Å². The van der Waals surface area contributed by atoms with E-state index < -0.39 is 6.61 Å². The van der Waals surface area contributed by atoms with E-state index in [1.807, 2.05) is 0 Å². The zero-order valence-corrected chi connectivity index (χ0v) is 8.88. The number of hydrogen-bond donors (Lipinski definition) is 1. The minimum absolute atomic E-state index is 0.0369. The lowest BCUT2D eigenvalue weighted by molar-refractivity contribution is -0.0517. The maximum absolute atomic E-state index is 12.1. The summed E-state index contributed by atoms with van der Waals surface area (Å²) >= 11 is 3.04. The second-order valence-corrected chi connectivity index (χ2v) is 3.51. The van der Waals surface area contributed by atoms with Gasteiger partial charge in [0.1, 0.15) is 0 Å². The fourth-order valence-electron chi connectivity index (χ4n) is 1.20. The molecular formula is C8H6BrF2NO3. The number of nitrogens with two attached hydrogens (primary N) is 1. The van der Waals surface area contributed by atoms with Gasteiger partial charge in [-0.05, 0) is 15.9 Å². The highest BCUT2D eigenvalue weighted by atomic mass is 79.9. The lowest BCUT2D eigenvalue weighted by Gasteiger charge is -2.11. The molecule has 7 heteroatoms. The molecule has 0 saturated carbocycles. The lowest BCUT2D eigenvalue weighted by atomic mass is 10.2. The van der Waals surface area contributed by atoms with Gasteiger partial charge in [-0.25, -0.2) is 0 Å². The van der Waals surface area contributed by atoms with Gasteiger partial charge in [0.15, 0.2) is 11.5 Å². The molecule has 1 aliphatic heterocycles. The molecular weight excluding hydrogens is 276 g/mol. The van der Waals surface area contributed by atoms with Crippen molar-refractivity contribution in [1.82, 2.24) is 0 Å². The van der Waals surface area contributed by atoms with Gasteiger partial charge in [-0.3, -0.25) is 0 Å². The highest BCUT2D eigenvalue weighted by Crippen LogP contribution is 2.48. The smallest absolute Gasteiger partial charge is 0.387 e. The Kier molecular flexibility index (Phi) is 2.56. The Hall–Kier alpha value is -1.24. The van der Waals surface area contributed by atoms with Crippen LogP contribution in [-0.4, -0.2) is 13.4 Å². The van der Waals surface area contributed by atoms with Crippen LogP contribution >= 0.6 is 15.9 Å². The van der Waals surface area contributed by atoms with E-state index in [4.69, 9.17) is 15.2 Å². The van der Waals surface area contributed by atoms with Crippen LogP contribution < -0.4 is 19.9 Å². The van der Waals surface area contributed by atoms with Crippen molar-refractivity contribution in [2.24, 2.45) is 0 Å². The summed E-state index contributed by atoms with van der Waals surface area (Å²) in [5.74, 6) is 0.292. The Labute approximate surface area is 92.0 Å². The zero-order valence-electron chi connectivity index (χ0n) is 7.30. The summed E-state index contributed by atoms with van der Waals surface area (Å²) in [6.45, 7) is -2.98. The van der Waals surface area contributed by atoms with E-state index in [9.17, 15) is 8.78 Å². The number of alkyl halides is 2. The molecule has 0 amide bonds. The second kappa shape index (κ2) is 3.73. The first kappa shape index (κ1) is 10.3. The van der Waals surface area contributed by atoms with Crippen LogP contribution in [0.25, 0.3) is 0 Å². The molecule has 4 nitrogen and oxygen atoms in total. The summed E-state index contributed by atoms with van der Waals surface area (Å²) in [5, 5.41) is 0. The second-order valence-electron chi connectivity index (χ2n) is 2.72. The van der Waals surface area contributed by atoms with Crippen LogP contribution in [0.2, 0.25) is 0 Å². The first-order valence-corrected chi connectivity index (χ1v) is 4.71. The molecule has 0 saturated heterocycles. The fourth-order valence-corrected chi connectivity index (χ4v) is 1.59. The molecule has 0 radical (unpaired) electrons. The van der Waals surface area contributed by atoms with E-state index >= 15 is 0 Å². The van der Waals surface area contributed by atoms with Crippen molar-refractivity contribution in [3.05, 3.63) is 10.5 Å². The molecule has 0 aliphatic carbocycles. The summed E-state index contributed by atoms with van der Waals surface area (Å²) in [6.07, 6.45) is 0. The molecule has 1 aromatic carbocycles. The van der Waals surface area contributed by atoms with E-state index in [0.29, 0.717) is 5.75 Å². The van der Waals surface area contributed by atoms with Gasteiger partial charge in [-0.2, -0.15) is 8.78 Å². The number of ether oxygens (including phenoxy) is 3. The van der Waals surface area contributed by atoms with Gasteiger partial charge in [0.2, 0.25) is 12.5 Å². The number of anilines is 1. The summed E-state index contributed by atoms with van der Waals surface area (Å²) in [6, 6.07) is 1.48. The Morgan fingerprint density at radius 1 is 1.47 bits per heavy atom. The first-order valence-electron chi connectivity index (χ1n) is 3.92. The standard InChI is InChI=1S/C8H6BrF2NO3/c9-5-3(12)1-4-6(14-2-13-4)7(5)15-8(10)11/h1,8H,2,12H2. The van der Waals surface area contributed by atoms with Crippen LogP contribution in [0.1, 0.15) is 0 Å². The van der Waals surface area contributed by atoms with Crippen LogP contribution in [0.4, 0.5) is 14.5 Å². The van der Waals surface area contributed by atoms with Gasteiger partial charge in [0, 0.05) is 6.07 Å². The van der Waals surface area contributed by atoms with Crippen LogP contribution in [0.5, 0.6) is 17.2 Å². The van der Waals surface area contributed by atoms with E-state index in [1.165, 1.54) is 6.07 Å². The fraction of sp³-hybridized carbons (Fsp3) is 0.250. The average Bonchev–Trinajstić information content (AvgIpc) is 2.59. The number of nitrogen functional groups attached to an aromatic ring is 1. The predicted octanol–water partition coefficient (Wildman–Crippen LogP) is 2.36. The first-order chi connectivity index (χ1) is 7.09. The third-order valence-electron chi connectivity index (χ3n) is 1.79. The molecule has 0 atom stereocenters. The maximum Gasteiger partial charge on any atom is 0.387 e. The van der Waals surface area contributed by atoms with E-state index in [1.54, 1.807) is 0 Å². The van der Waals surface area contributed by atoms with Gasteiger partial charge in [0.05, 0.1) is 10.2 Å². The van der Waals surface area contributed by atoms with Gasteiger partial charge in [0.25, 0.3) is 0 Å². The summed E-state index contributed by atoms with van der Waals surface area (Å²) < 4.78 is 38.8. The Balaban J connectivity index is 2.50. The summed E-state index contributed by atoms with van der Waals surface area (Å²) in [7, 11) is 0. The number of hydrogen-bond acceptors (Lipinski definition) is 4. The third kappa shape index (κ3) is 1.79. The van der Waals surface area contributed by atoms with Crippen molar-refractivity contribution in [2.45, 2.75) is 6.61 Å². The molecule has 0 bridgehead atoms. The van der Waals surface area contributed by atoms with E-state index in [-0.39, 0.29) is 28.5 Å².